The van der Waals surface area contributed by atoms with Crippen molar-refractivity contribution < 1.29 is 4.39 Å². The van der Waals surface area contributed by atoms with Crippen molar-refractivity contribution in [2.24, 2.45) is 10.2 Å². The molecular formula is C10H11ClFN3S. The third-order valence-corrected chi connectivity index (χ3v) is 2.98. The molecule has 0 radical (unpaired) electrons. The van der Waals surface area contributed by atoms with Gasteiger partial charge in [0.05, 0.1) is 5.71 Å². The monoisotopic (exact) mass is 259 g/mol. The maximum atomic E-state index is 12.7. The number of hydrogen-bond donors (Lipinski definition) is 1. The quantitative estimate of drug-likeness (QED) is 0.840. The van der Waals surface area contributed by atoms with Crippen LogP contribution in [0.15, 0.2) is 34.5 Å². The molecule has 0 aliphatic carbocycles. The highest BCUT2D eigenvalue weighted by atomic mass is 35.5. The average molecular weight is 260 g/mol. The summed E-state index contributed by atoms with van der Waals surface area (Å²) in [5, 5.41) is 11.8. The maximum Gasteiger partial charge on any atom is 0.183 e. The second-order valence-corrected chi connectivity index (χ2v) is 3.96. The molecule has 0 aromatic heterocycles. The Morgan fingerprint density at radius 3 is 2.44 bits per heavy atom. The van der Waals surface area contributed by atoms with Gasteiger partial charge in [0.15, 0.2) is 5.17 Å². The molecule has 86 valence electrons. The molecule has 0 unspecified atom stereocenters. The van der Waals surface area contributed by atoms with Gasteiger partial charge in [0.25, 0.3) is 0 Å². The zero-order chi connectivity index (χ0) is 10.7. The van der Waals surface area contributed by atoms with Gasteiger partial charge >= 0.3 is 0 Å². The minimum atomic E-state index is -0.234. The molecule has 1 heterocycles. The van der Waals surface area contributed by atoms with Crippen molar-refractivity contribution in [3.8, 4) is 0 Å². The van der Waals surface area contributed by atoms with Crippen molar-refractivity contribution in [1.82, 2.24) is 5.32 Å². The lowest BCUT2D eigenvalue weighted by Gasteiger charge is -2.10. The standard InChI is InChI=1S/C10H10FN3S.ClH/c1-12-10-14-13-9(6-15-10)7-2-4-8(11)5-3-7;/h2-5H,6H2,1H3,(H,12,14);1H. The lowest BCUT2D eigenvalue weighted by Crippen LogP contribution is -2.20. The van der Waals surface area contributed by atoms with Crippen molar-refractivity contribution >= 4 is 35.0 Å². The van der Waals surface area contributed by atoms with E-state index in [1.54, 1.807) is 23.9 Å². The molecule has 0 atom stereocenters. The van der Waals surface area contributed by atoms with Gasteiger partial charge in [-0.25, -0.2) is 4.39 Å². The van der Waals surface area contributed by atoms with Crippen LogP contribution in [0, 0.1) is 5.82 Å². The molecule has 16 heavy (non-hydrogen) atoms. The molecule has 1 aliphatic rings. The number of thioether (sulfide) groups is 1. The van der Waals surface area contributed by atoms with Gasteiger partial charge in [0, 0.05) is 12.8 Å². The third kappa shape index (κ3) is 2.96. The number of hydrogen-bond acceptors (Lipinski definition) is 4. The fraction of sp³-hybridized carbons (Fsp3) is 0.200. The number of halogens is 2. The minimum absolute atomic E-state index is 0. The summed E-state index contributed by atoms with van der Waals surface area (Å²) in [7, 11) is 1.81. The van der Waals surface area contributed by atoms with Crippen molar-refractivity contribution in [3.63, 3.8) is 0 Å². The third-order valence-electron chi connectivity index (χ3n) is 2.00. The Labute approximate surface area is 104 Å². The molecule has 6 heteroatoms. The van der Waals surface area contributed by atoms with E-state index in [0.29, 0.717) is 0 Å². The fourth-order valence-corrected chi connectivity index (χ4v) is 1.95. The lowest BCUT2D eigenvalue weighted by atomic mass is 10.1. The van der Waals surface area contributed by atoms with Gasteiger partial charge in [0.1, 0.15) is 5.82 Å². The van der Waals surface area contributed by atoms with Gasteiger partial charge in [-0.1, -0.05) is 23.9 Å². The normalized spacial score (nSPS) is 14.6. The topological polar surface area (TPSA) is 36.8 Å². The van der Waals surface area contributed by atoms with Crippen molar-refractivity contribution in [1.29, 1.82) is 0 Å². The SMILES string of the molecule is CNC1=NN=C(c2ccc(F)cc2)CS1.Cl. The van der Waals surface area contributed by atoms with E-state index >= 15 is 0 Å². The highest BCUT2D eigenvalue weighted by Crippen LogP contribution is 2.14. The van der Waals surface area contributed by atoms with Crippen LogP contribution in [-0.2, 0) is 0 Å². The Morgan fingerprint density at radius 1 is 1.25 bits per heavy atom. The first-order valence-corrected chi connectivity index (χ1v) is 5.49. The van der Waals surface area contributed by atoms with E-state index < -0.39 is 0 Å². The highest BCUT2D eigenvalue weighted by molar-refractivity contribution is 8.14. The van der Waals surface area contributed by atoms with Gasteiger partial charge in [-0.3, -0.25) is 0 Å². The second kappa shape index (κ2) is 5.86. The smallest absolute Gasteiger partial charge is 0.183 e. The highest BCUT2D eigenvalue weighted by Gasteiger charge is 2.10. The molecule has 2 rings (SSSR count). The molecule has 3 nitrogen and oxygen atoms in total. The summed E-state index contributed by atoms with van der Waals surface area (Å²) in [5.74, 6) is 0.521. The largest absolute Gasteiger partial charge is 0.366 e. The van der Waals surface area contributed by atoms with Crippen LogP contribution in [0.1, 0.15) is 5.56 Å². The Balaban J connectivity index is 0.00000128. The van der Waals surface area contributed by atoms with Gasteiger partial charge in [-0.15, -0.1) is 17.5 Å². The van der Waals surface area contributed by atoms with E-state index in [9.17, 15) is 4.39 Å². The van der Waals surface area contributed by atoms with Crippen LogP contribution in [0.3, 0.4) is 0 Å². The Hall–Kier alpha value is -1.07. The first-order valence-electron chi connectivity index (χ1n) is 4.50. The summed E-state index contributed by atoms with van der Waals surface area (Å²) in [6.45, 7) is 0. The Bertz CT molecular complexity index is 417. The molecule has 0 bridgehead atoms. The summed E-state index contributed by atoms with van der Waals surface area (Å²) >= 11 is 1.58. The van der Waals surface area contributed by atoms with E-state index in [0.717, 1.165) is 22.2 Å². The van der Waals surface area contributed by atoms with Crippen molar-refractivity contribution in [3.05, 3.63) is 35.6 Å². The van der Waals surface area contributed by atoms with Gasteiger partial charge in [-0.2, -0.15) is 5.10 Å². The summed E-state index contributed by atoms with van der Waals surface area (Å²) in [6, 6.07) is 6.29. The Morgan fingerprint density at radius 2 is 1.94 bits per heavy atom. The molecule has 0 amide bonds. The van der Waals surface area contributed by atoms with Crippen LogP contribution in [0.5, 0.6) is 0 Å². The van der Waals surface area contributed by atoms with Crippen molar-refractivity contribution in [2.45, 2.75) is 0 Å². The molecular weight excluding hydrogens is 249 g/mol. The van der Waals surface area contributed by atoms with Crippen molar-refractivity contribution in [2.75, 3.05) is 12.8 Å². The summed E-state index contributed by atoms with van der Waals surface area (Å²) in [4.78, 5) is 0. The number of rotatable bonds is 1. The van der Waals surface area contributed by atoms with E-state index in [2.05, 4.69) is 15.5 Å². The van der Waals surface area contributed by atoms with Gasteiger partial charge in [0.2, 0.25) is 0 Å². The fourth-order valence-electron chi connectivity index (χ4n) is 1.21. The molecule has 0 saturated heterocycles. The van der Waals surface area contributed by atoms with E-state index in [1.807, 2.05) is 7.05 Å². The van der Waals surface area contributed by atoms with E-state index in [4.69, 9.17) is 0 Å². The first kappa shape index (κ1) is 13.0. The molecule has 1 N–H and O–H groups in total. The molecule has 1 aliphatic heterocycles. The van der Waals surface area contributed by atoms with Gasteiger partial charge in [-0.05, 0) is 17.7 Å². The zero-order valence-electron chi connectivity index (χ0n) is 8.61. The zero-order valence-corrected chi connectivity index (χ0v) is 10.2. The first-order chi connectivity index (χ1) is 7.29. The molecule has 1 aromatic carbocycles. The van der Waals surface area contributed by atoms with Crippen LogP contribution in [0.2, 0.25) is 0 Å². The maximum absolute atomic E-state index is 12.7. The second-order valence-electron chi connectivity index (χ2n) is 3.00. The number of benzene rings is 1. The average Bonchev–Trinajstić information content (AvgIpc) is 2.30. The molecule has 0 spiro atoms. The van der Waals surface area contributed by atoms with Crippen LogP contribution in [-0.4, -0.2) is 23.7 Å². The summed E-state index contributed by atoms with van der Waals surface area (Å²) in [6.07, 6.45) is 0. The number of amidine groups is 1. The van der Waals surface area contributed by atoms with Crippen LogP contribution in [0.4, 0.5) is 4.39 Å². The number of nitrogens with zero attached hydrogens (tertiary/aromatic N) is 2. The molecule has 0 saturated carbocycles. The predicted molar refractivity (Wildman–Crippen MR) is 69.1 cm³/mol. The van der Waals surface area contributed by atoms with E-state index in [1.165, 1.54) is 12.1 Å². The van der Waals surface area contributed by atoms with Crippen LogP contribution in [0.25, 0.3) is 0 Å². The van der Waals surface area contributed by atoms with Crippen LogP contribution >= 0.6 is 24.2 Å². The molecule has 0 fully saturated rings. The summed E-state index contributed by atoms with van der Waals surface area (Å²) < 4.78 is 12.7. The molecule has 1 aromatic rings. The van der Waals surface area contributed by atoms with E-state index in [-0.39, 0.29) is 18.2 Å². The van der Waals surface area contributed by atoms with Crippen LogP contribution < -0.4 is 5.32 Å². The predicted octanol–water partition coefficient (Wildman–Crippen LogP) is 2.27. The Kier molecular flexibility index (Phi) is 4.76. The van der Waals surface area contributed by atoms with Gasteiger partial charge < -0.3 is 5.32 Å². The lowest BCUT2D eigenvalue weighted by molar-refractivity contribution is 0.628. The summed E-state index contributed by atoms with van der Waals surface area (Å²) in [5.41, 5.74) is 1.79. The minimum Gasteiger partial charge on any atom is -0.366 e. The number of nitrogens with one attached hydrogen (secondary N) is 1.